The molecule has 1 aliphatic rings. The first-order valence-electron chi connectivity index (χ1n) is 12.0. The van der Waals surface area contributed by atoms with Gasteiger partial charge in [0.2, 0.25) is 0 Å². The SMILES string of the molecule is C/C=C(/C(=O)NC1CCCC(n2c(-c3ccccn3)nc3cc(C(=O)CC)ccc32)C1)N(C)C. The molecule has 7 nitrogen and oxygen atoms in total. The fourth-order valence-electron chi connectivity index (χ4n) is 4.90. The van der Waals surface area contributed by atoms with Gasteiger partial charge in [-0.25, -0.2) is 4.98 Å². The maximum absolute atomic E-state index is 12.8. The highest BCUT2D eigenvalue weighted by Gasteiger charge is 2.29. The molecule has 0 spiro atoms. The number of amides is 1. The molecule has 34 heavy (non-hydrogen) atoms. The molecule has 7 heteroatoms. The third kappa shape index (κ3) is 4.74. The highest BCUT2D eigenvalue weighted by molar-refractivity contribution is 5.99. The minimum atomic E-state index is -0.0405. The summed E-state index contributed by atoms with van der Waals surface area (Å²) in [4.78, 5) is 36.5. The van der Waals surface area contributed by atoms with Crippen LogP contribution in [0.25, 0.3) is 22.6 Å². The fourth-order valence-corrected chi connectivity index (χ4v) is 4.90. The van der Waals surface area contributed by atoms with Gasteiger partial charge in [-0.05, 0) is 62.9 Å². The molecule has 1 amide bonds. The summed E-state index contributed by atoms with van der Waals surface area (Å²) in [6.07, 6.45) is 7.85. The van der Waals surface area contributed by atoms with Gasteiger partial charge in [-0.2, -0.15) is 0 Å². The molecule has 0 aliphatic heterocycles. The van der Waals surface area contributed by atoms with Crippen molar-refractivity contribution in [2.75, 3.05) is 14.1 Å². The fraction of sp³-hybridized carbons (Fsp3) is 0.407. The normalized spacial score (nSPS) is 18.6. The molecule has 1 aromatic carbocycles. The standard InChI is InChI=1S/C27H33N5O2/c1-5-23(31(3)4)27(34)29-19-10-9-11-20(17-19)32-24-14-13-18(25(33)6-2)16-22(24)30-26(32)21-12-7-8-15-28-21/h5,7-8,12-16,19-20H,6,9-11,17H2,1-4H3,(H,29,34)/b23-5-. The Balaban J connectivity index is 1.70. The molecule has 2 atom stereocenters. The van der Waals surface area contributed by atoms with Crippen LogP contribution < -0.4 is 5.32 Å². The Morgan fingerprint density at radius 3 is 2.71 bits per heavy atom. The summed E-state index contributed by atoms with van der Waals surface area (Å²) in [5, 5.41) is 3.24. The summed E-state index contributed by atoms with van der Waals surface area (Å²) in [6, 6.07) is 11.9. The maximum atomic E-state index is 12.8. The van der Waals surface area contributed by atoms with Crippen molar-refractivity contribution in [3.8, 4) is 11.5 Å². The lowest BCUT2D eigenvalue weighted by Gasteiger charge is -2.32. The zero-order valence-corrected chi connectivity index (χ0v) is 20.4. The topological polar surface area (TPSA) is 80.1 Å². The first-order chi connectivity index (χ1) is 16.4. The Kier molecular flexibility index (Phi) is 7.10. The Morgan fingerprint density at radius 2 is 2.03 bits per heavy atom. The van der Waals surface area contributed by atoms with E-state index in [1.165, 1.54) is 0 Å². The number of Topliss-reactive ketones (excluding diaryl/α,β-unsaturated/α-hetero) is 1. The second kappa shape index (κ2) is 10.2. The van der Waals surface area contributed by atoms with E-state index in [-0.39, 0.29) is 23.8 Å². The number of carbonyl (C=O) groups excluding carboxylic acids is 2. The van der Waals surface area contributed by atoms with Crippen LogP contribution in [0.4, 0.5) is 0 Å². The summed E-state index contributed by atoms with van der Waals surface area (Å²) in [5.74, 6) is 0.870. The highest BCUT2D eigenvalue weighted by atomic mass is 16.2. The third-order valence-electron chi connectivity index (χ3n) is 6.56. The van der Waals surface area contributed by atoms with Crippen molar-refractivity contribution >= 4 is 22.7 Å². The van der Waals surface area contributed by atoms with Gasteiger partial charge in [0.15, 0.2) is 11.6 Å². The summed E-state index contributed by atoms with van der Waals surface area (Å²) in [6.45, 7) is 3.75. The van der Waals surface area contributed by atoms with Crippen LogP contribution in [0.1, 0.15) is 62.4 Å². The number of rotatable bonds is 7. The van der Waals surface area contributed by atoms with Crippen LogP contribution in [0.15, 0.2) is 54.4 Å². The molecule has 1 saturated carbocycles. The van der Waals surface area contributed by atoms with Crippen LogP contribution in [0.5, 0.6) is 0 Å². The van der Waals surface area contributed by atoms with Crippen LogP contribution in [-0.2, 0) is 4.79 Å². The zero-order valence-electron chi connectivity index (χ0n) is 20.4. The zero-order chi connectivity index (χ0) is 24.2. The molecule has 1 fully saturated rings. The van der Waals surface area contributed by atoms with Gasteiger partial charge in [-0.15, -0.1) is 0 Å². The van der Waals surface area contributed by atoms with E-state index >= 15 is 0 Å². The number of nitrogens with zero attached hydrogens (tertiary/aromatic N) is 4. The molecular formula is C27H33N5O2. The summed E-state index contributed by atoms with van der Waals surface area (Å²) in [7, 11) is 3.76. The molecule has 4 rings (SSSR count). The smallest absolute Gasteiger partial charge is 0.267 e. The number of fused-ring (bicyclic) bond motifs is 1. The maximum Gasteiger partial charge on any atom is 0.267 e. The van der Waals surface area contributed by atoms with Gasteiger partial charge in [-0.3, -0.25) is 14.6 Å². The second-order valence-corrected chi connectivity index (χ2v) is 9.06. The van der Waals surface area contributed by atoms with Gasteiger partial charge >= 0.3 is 0 Å². The number of aromatic nitrogens is 3. The Labute approximate surface area is 200 Å². The quantitative estimate of drug-likeness (QED) is 0.407. The lowest BCUT2D eigenvalue weighted by atomic mass is 9.90. The van der Waals surface area contributed by atoms with E-state index < -0.39 is 0 Å². The number of ketones is 1. The first-order valence-corrected chi connectivity index (χ1v) is 12.0. The molecule has 0 saturated heterocycles. The number of likely N-dealkylation sites (N-methyl/N-ethyl adjacent to an activating group) is 1. The average Bonchev–Trinajstić information content (AvgIpc) is 3.23. The first kappa shape index (κ1) is 23.7. The van der Waals surface area contributed by atoms with Crippen molar-refractivity contribution < 1.29 is 9.59 Å². The highest BCUT2D eigenvalue weighted by Crippen LogP contribution is 2.36. The van der Waals surface area contributed by atoms with Crippen LogP contribution in [0.3, 0.4) is 0 Å². The van der Waals surface area contributed by atoms with Gasteiger partial charge in [0.05, 0.1) is 16.7 Å². The molecular weight excluding hydrogens is 426 g/mol. The third-order valence-corrected chi connectivity index (χ3v) is 6.56. The second-order valence-electron chi connectivity index (χ2n) is 9.06. The molecule has 1 N–H and O–H groups in total. The van der Waals surface area contributed by atoms with E-state index in [2.05, 4.69) is 14.9 Å². The number of pyridine rings is 1. The lowest BCUT2D eigenvalue weighted by Crippen LogP contribution is -2.41. The summed E-state index contributed by atoms with van der Waals surface area (Å²) in [5.41, 5.74) is 3.95. The van der Waals surface area contributed by atoms with Crippen molar-refractivity contribution in [2.24, 2.45) is 0 Å². The Bertz CT molecular complexity index is 1210. The average molecular weight is 460 g/mol. The molecule has 2 unspecified atom stereocenters. The number of imidazole rings is 1. The molecule has 2 aromatic heterocycles. The van der Waals surface area contributed by atoms with E-state index in [0.717, 1.165) is 48.2 Å². The number of carbonyl (C=O) groups is 2. The lowest BCUT2D eigenvalue weighted by molar-refractivity contribution is -0.119. The van der Waals surface area contributed by atoms with Crippen LogP contribution in [0, 0.1) is 0 Å². The van der Waals surface area contributed by atoms with Gasteiger partial charge < -0.3 is 14.8 Å². The summed E-state index contributed by atoms with van der Waals surface area (Å²) < 4.78 is 2.26. The molecule has 3 aromatic rings. The van der Waals surface area contributed by atoms with Crippen molar-refractivity contribution in [3.05, 3.63) is 59.9 Å². The van der Waals surface area contributed by atoms with Gasteiger partial charge in [0, 0.05) is 44.4 Å². The van der Waals surface area contributed by atoms with E-state index in [0.29, 0.717) is 17.7 Å². The van der Waals surface area contributed by atoms with Crippen molar-refractivity contribution in [2.45, 2.75) is 58.0 Å². The van der Waals surface area contributed by atoms with E-state index in [1.54, 1.807) is 6.20 Å². The van der Waals surface area contributed by atoms with E-state index in [9.17, 15) is 9.59 Å². The van der Waals surface area contributed by atoms with Gasteiger partial charge in [0.1, 0.15) is 5.69 Å². The molecule has 2 heterocycles. The summed E-state index contributed by atoms with van der Waals surface area (Å²) >= 11 is 0. The van der Waals surface area contributed by atoms with Crippen LogP contribution >= 0.6 is 0 Å². The minimum Gasteiger partial charge on any atom is -0.373 e. The number of allylic oxidation sites excluding steroid dienone is 1. The number of benzene rings is 1. The largest absolute Gasteiger partial charge is 0.373 e. The van der Waals surface area contributed by atoms with Gasteiger partial charge in [-0.1, -0.05) is 19.1 Å². The molecule has 1 aliphatic carbocycles. The minimum absolute atomic E-state index is 0.0405. The number of nitrogens with one attached hydrogen (secondary N) is 1. The van der Waals surface area contributed by atoms with Crippen molar-refractivity contribution in [1.82, 2.24) is 24.8 Å². The van der Waals surface area contributed by atoms with Crippen molar-refractivity contribution in [1.29, 1.82) is 0 Å². The van der Waals surface area contributed by atoms with Crippen LogP contribution in [-0.4, -0.2) is 51.3 Å². The van der Waals surface area contributed by atoms with Crippen LogP contribution in [0.2, 0.25) is 0 Å². The van der Waals surface area contributed by atoms with E-state index in [1.807, 2.05) is 75.3 Å². The molecule has 0 bridgehead atoms. The Hall–Kier alpha value is -3.48. The van der Waals surface area contributed by atoms with Crippen molar-refractivity contribution in [3.63, 3.8) is 0 Å². The predicted molar refractivity (Wildman–Crippen MR) is 134 cm³/mol. The molecule has 0 radical (unpaired) electrons. The number of hydrogen-bond donors (Lipinski definition) is 1. The van der Waals surface area contributed by atoms with Gasteiger partial charge in [0.25, 0.3) is 5.91 Å². The number of hydrogen-bond acceptors (Lipinski definition) is 5. The van der Waals surface area contributed by atoms with E-state index in [4.69, 9.17) is 4.98 Å². The Morgan fingerprint density at radius 1 is 1.21 bits per heavy atom. The monoisotopic (exact) mass is 459 g/mol. The molecule has 178 valence electrons. The predicted octanol–water partition coefficient (Wildman–Crippen LogP) is 4.76.